The van der Waals surface area contributed by atoms with Gasteiger partial charge in [-0.3, -0.25) is 9.98 Å². The van der Waals surface area contributed by atoms with Crippen LogP contribution in [-0.2, 0) is 6.54 Å². The van der Waals surface area contributed by atoms with E-state index < -0.39 is 0 Å². The molecule has 0 bridgehead atoms. The lowest BCUT2D eigenvalue weighted by Crippen LogP contribution is -2.01. The Morgan fingerprint density at radius 1 is 0.527 bits per heavy atom. The fourth-order valence-corrected chi connectivity index (χ4v) is 7.80. The van der Waals surface area contributed by atoms with E-state index >= 15 is 0 Å². The fourth-order valence-electron chi connectivity index (χ4n) is 7.80. The highest BCUT2D eigenvalue weighted by Crippen LogP contribution is 2.42. The lowest BCUT2D eigenvalue weighted by molar-refractivity contribution is 0.669. The van der Waals surface area contributed by atoms with Crippen LogP contribution in [0, 0.1) is 0 Å². The Hall–Kier alpha value is -7.30. The highest BCUT2D eigenvalue weighted by atomic mass is 16.3. The number of hydrogen-bond donors (Lipinski definition) is 0. The molecule has 4 nitrogen and oxygen atoms in total. The summed E-state index contributed by atoms with van der Waals surface area (Å²) in [6, 6.07) is 60.8. The number of furan rings is 2. The molecule has 0 atom stereocenters. The van der Waals surface area contributed by atoms with Crippen LogP contribution in [0.4, 0.5) is 0 Å². The van der Waals surface area contributed by atoms with Gasteiger partial charge in [0.1, 0.15) is 22.3 Å². The van der Waals surface area contributed by atoms with Crippen LogP contribution in [0.3, 0.4) is 0 Å². The van der Waals surface area contributed by atoms with Crippen molar-refractivity contribution in [2.24, 2.45) is 9.98 Å². The second-order valence-corrected chi connectivity index (χ2v) is 13.8. The first-order valence-electron chi connectivity index (χ1n) is 18.4. The molecule has 0 aliphatic heterocycles. The number of aliphatic imine (C=N–C) groups is 2. The van der Waals surface area contributed by atoms with E-state index in [4.69, 9.17) is 18.8 Å². The van der Waals surface area contributed by atoms with Crippen LogP contribution in [0.2, 0.25) is 0 Å². The maximum absolute atomic E-state index is 6.77. The standard InChI is InChI=1S/C51H34N2O2/c1-52-45(41-27-26-40(34-16-6-3-7-17-34)51-50(41)43-29-35-18-8-9-19-36(35)30-48(43)55-51)31-44(53-32-33-14-4-2-5-15-33)38-21-12-20-37(28-38)39-23-13-25-47-49(39)42-22-10-11-24-46(42)54-47/h2-31H,1,32H2/b45-31-,53-44+. The molecule has 0 aliphatic rings. The first kappa shape index (κ1) is 32.4. The van der Waals surface area contributed by atoms with Crippen LogP contribution in [0.25, 0.3) is 82.6 Å². The summed E-state index contributed by atoms with van der Waals surface area (Å²) in [6.07, 6.45) is 2.07. The van der Waals surface area contributed by atoms with Crippen molar-refractivity contribution in [3.8, 4) is 22.3 Å². The van der Waals surface area contributed by atoms with Crippen molar-refractivity contribution < 1.29 is 8.83 Å². The largest absolute Gasteiger partial charge is 0.456 e. The van der Waals surface area contributed by atoms with E-state index in [-0.39, 0.29) is 0 Å². The summed E-state index contributed by atoms with van der Waals surface area (Å²) in [6.45, 7) is 4.62. The molecule has 0 aliphatic carbocycles. The van der Waals surface area contributed by atoms with Gasteiger partial charge in [-0.2, -0.15) is 0 Å². The van der Waals surface area contributed by atoms with Crippen LogP contribution >= 0.6 is 0 Å². The Kier molecular flexibility index (Phi) is 8.00. The second-order valence-electron chi connectivity index (χ2n) is 13.8. The van der Waals surface area contributed by atoms with Gasteiger partial charge in [-0.15, -0.1) is 0 Å². The van der Waals surface area contributed by atoms with Crippen molar-refractivity contribution in [3.05, 3.63) is 199 Å². The van der Waals surface area contributed by atoms with Crippen LogP contribution in [0.1, 0.15) is 16.7 Å². The van der Waals surface area contributed by atoms with E-state index in [1.54, 1.807) is 0 Å². The van der Waals surface area contributed by atoms with Gasteiger partial charge in [0.05, 0.1) is 18.0 Å². The van der Waals surface area contributed by atoms with Gasteiger partial charge in [0, 0.05) is 38.2 Å². The number of fused-ring (bicyclic) bond motifs is 7. The van der Waals surface area contributed by atoms with Gasteiger partial charge in [-0.25, -0.2) is 0 Å². The number of rotatable bonds is 8. The second kappa shape index (κ2) is 13.6. The van der Waals surface area contributed by atoms with Gasteiger partial charge in [-0.1, -0.05) is 140 Å². The summed E-state index contributed by atoms with van der Waals surface area (Å²) in [4.78, 5) is 9.97. The summed E-state index contributed by atoms with van der Waals surface area (Å²) >= 11 is 0. The molecule has 10 aromatic rings. The smallest absolute Gasteiger partial charge is 0.143 e. The van der Waals surface area contributed by atoms with Crippen molar-refractivity contribution in [2.75, 3.05) is 0 Å². The zero-order valence-electron chi connectivity index (χ0n) is 29.9. The molecule has 0 saturated carbocycles. The highest BCUT2D eigenvalue weighted by Gasteiger charge is 2.20. The molecule has 0 amide bonds. The van der Waals surface area contributed by atoms with Crippen molar-refractivity contribution >= 4 is 72.8 Å². The predicted octanol–water partition coefficient (Wildman–Crippen LogP) is 13.7. The first-order valence-corrected chi connectivity index (χ1v) is 18.4. The maximum Gasteiger partial charge on any atom is 0.143 e. The summed E-state index contributed by atoms with van der Waals surface area (Å²) < 4.78 is 13.0. The number of para-hydroxylation sites is 1. The molecule has 0 N–H and O–H groups in total. The van der Waals surface area contributed by atoms with E-state index in [9.17, 15) is 0 Å². The average Bonchev–Trinajstić information content (AvgIpc) is 3.82. The van der Waals surface area contributed by atoms with Gasteiger partial charge in [-0.05, 0) is 82.2 Å². The summed E-state index contributed by atoms with van der Waals surface area (Å²) in [5, 5.41) is 6.49. The number of hydrogen-bond acceptors (Lipinski definition) is 4. The van der Waals surface area contributed by atoms with Crippen molar-refractivity contribution in [3.63, 3.8) is 0 Å². The minimum Gasteiger partial charge on any atom is -0.456 e. The maximum atomic E-state index is 6.77. The molecule has 8 aromatic carbocycles. The Balaban J connectivity index is 1.18. The van der Waals surface area contributed by atoms with Crippen molar-refractivity contribution in [2.45, 2.75) is 6.54 Å². The molecule has 4 heteroatoms. The molecular formula is C51H34N2O2. The predicted molar refractivity (Wildman–Crippen MR) is 230 cm³/mol. The van der Waals surface area contributed by atoms with Gasteiger partial charge in [0.15, 0.2) is 0 Å². The average molecular weight is 707 g/mol. The summed E-state index contributed by atoms with van der Waals surface area (Å²) in [7, 11) is 0. The zero-order valence-corrected chi connectivity index (χ0v) is 29.9. The fraction of sp³-hybridized carbons (Fsp3) is 0.0196. The van der Waals surface area contributed by atoms with Crippen LogP contribution < -0.4 is 0 Å². The molecule has 0 fully saturated rings. The molecule has 0 radical (unpaired) electrons. The zero-order chi connectivity index (χ0) is 36.7. The van der Waals surface area contributed by atoms with E-state index in [1.807, 2.05) is 42.5 Å². The number of nitrogens with zero attached hydrogens (tertiary/aromatic N) is 2. The molecule has 0 saturated heterocycles. The third-order valence-corrected chi connectivity index (χ3v) is 10.4. The van der Waals surface area contributed by atoms with Gasteiger partial charge in [0.25, 0.3) is 0 Å². The highest BCUT2D eigenvalue weighted by molar-refractivity contribution is 6.20. The van der Waals surface area contributed by atoms with E-state index in [1.165, 1.54) is 0 Å². The SMILES string of the molecule is C=N/C(=C\C(=N/Cc1ccccc1)c1cccc(-c2cccc3oc4ccccc4c23)c1)c1ccc(-c2ccccc2)c2oc3cc4ccccc4cc3c12. The van der Waals surface area contributed by atoms with Crippen molar-refractivity contribution in [1.82, 2.24) is 0 Å². The molecular weight excluding hydrogens is 673 g/mol. The topological polar surface area (TPSA) is 51.0 Å². The number of allylic oxidation sites excluding steroid dienone is 1. The Bertz CT molecular complexity index is 3130. The van der Waals surface area contributed by atoms with Gasteiger partial charge in [0.2, 0.25) is 0 Å². The molecule has 10 rings (SSSR count). The van der Waals surface area contributed by atoms with E-state index in [2.05, 4.69) is 146 Å². The Morgan fingerprint density at radius 3 is 2.07 bits per heavy atom. The number of benzene rings is 8. The van der Waals surface area contributed by atoms with Crippen molar-refractivity contribution in [1.29, 1.82) is 0 Å². The normalized spacial score (nSPS) is 12.4. The molecule has 2 aromatic heterocycles. The third-order valence-electron chi connectivity index (χ3n) is 10.4. The van der Waals surface area contributed by atoms with Crippen LogP contribution in [-0.4, -0.2) is 12.4 Å². The lowest BCUT2D eigenvalue weighted by Gasteiger charge is -2.11. The van der Waals surface area contributed by atoms with Crippen LogP contribution in [0.15, 0.2) is 201 Å². The third kappa shape index (κ3) is 5.81. The molecule has 55 heavy (non-hydrogen) atoms. The molecule has 2 heterocycles. The monoisotopic (exact) mass is 706 g/mol. The Morgan fingerprint density at radius 2 is 1.24 bits per heavy atom. The minimum absolute atomic E-state index is 0.506. The Labute approximate surface area is 318 Å². The molecule has 260 valence electrons. The van der Waals surface area contributed by atoms with E-state index in [0.29, 0.717) is 12.2 Å². The molecule has 0 spiro atoms. The lowest BCUT2D eigenvalue weighted by atomic mass is 9.94. The van der Waals surface area contributed by atoms with Gasteiger partial charge < -0.3 is 8.83 Å². The minimum atomic E-state index is 0.506. The molecule has 0 unspecified atom stereocenters. The summed E-state index contributed by atoms with van der Waals surface area (Å²) in [5.74, 6) is 0. The summed E-state index contributed by atoms with van der Waals surface area (Å²) in [5.41, 5.74) is 12.2. The van der Waals surface area contributed by atoms with E-state index in [0.717, 1.165) is 99.3 Å². The quantitative estimate of drug-likeness (QED) is 0.148. The van der Waals surface area contributed by atoms with Crippen LogP contribution in [0.5, 0.6) is 0 Å². The van der Waals surface area contributed by atoms with Gasteiger partial charge >= 0.3 is 0 Å². The first-order chi connectivity index (χ1) is 27.2.